The van der Waals surface area contributed by atoms with Crippen LogP contribution in [0.15, 0.2) is 97.1 Å². The Kier molecular flexibility index (Phi) is 8.14. The predicted molar refractivity (Wildman–Crippen MR) is 115 cm³/mol. The van der Waals surface area contributed by atoms with E-state index in [2.05, 4.69) is 109 Å². The molecule has 1 N–H and O–H groups in total. The fourth-order valence-electron chi connectivity index (χ4n) is 3.12. The maximum atomic E-state index is 3.68. The van der Waals surface area contributed by atoms with Crippen LogP contribution in [0, 0.1) is 0 Å². The summed E-state index contributed by atoms with van der Waals surface area (Å²) in [7, 11) is 0. The normalized spacial score (nSPS) is 11.3. The van der Waals surface area contributed by atoms with Gasteiger partial charge in [-0.15, -0.1) is 12.4 Å². The highest BCUT2D eigenvalue weighted by atomic mass is 35.5. The van der Waals surface area contributed by atoms with Crippen molar-refractivity contribution in [3.63, 3.8) is 0 Å². The van der Waals surface area contributed by atoms with Crippen molar-refractivity contribution in [2.24, 2.45) is 0 Å². The molecule has 3 aromatic rings. The van der Waals surface area contributed by atoms with Crippen LogP contribution in [-0.4, -0.2) is 6.54 Å². The Morgan fingerprint density at radius 1 is 0.769 bits per heavy atom. The van der Waals surface area contributed by atoms with Crippen molar-refractivity contribution in [3.05, 3.63) is 114 Å². The van der Waals surface area contributed by atoms with Gasteiger partial charge in [0.15, 0.2) is 0 Å². The molecule has 0 spiro atoms. The van der Waals surface area contributed by atoms with Crippen LogP contribution < -0.4 is 5.32 Å². The highest BCUT2D eigenvalue weighted by molar-refractivity contribution is 5.85. The zero-order valence-corrected chi connectivity index (χ0v) is 16.0. The van der Waals surface area contributed by atoms with Crippen molar-refractivity contribution < 1.29 is 0 Å². The molecule has 0 bridgehead atoms. The Hall–Kier alpha value is -2.35. The summed E-state index contributed by atoms with van der Waals surface area (Å²) in [4.78, 5) is 0. The summed E-state index contributed by atoms with van der Waals surface area (Å²) in [5.74, 6) is 0. The molecule has 1 nitrogen and oxygen atoms in total. The summed E-state index contributed by atoms with van der Waals surface area (Å²) in [5, 5.41) is 3.68. The molecule has 26 heavy (non-hydrogen) atoms. The van der Waals surface area contributed by atoms with Gasteiger partial charge in [0.05, 0.1) is 0 Å². The highest BCUT2D eigenvalue weighted by Crippen LogP contribution is 2.23. The second kappa shape index (κ2) is 10.6. The molecule has 2 heteroatoms. The summed E-state index contributed by atoms with van der Waals surface area (Å²) >= 11 is 0. The lowest BCUT2D eigenvalue weighted by molar-refractivity contribution is 0.551. The van der Waals surface area contributed by atoms with E-state index in [0.29, 0.717) is 6.04 Å². The molecule has 0 radical (unpaired) electrons. The summed E-state index contributed by atoms with van der Waals surface area (Å²) in [6.45, 7) is 3.07. The summed E-state index contributed by atoms with van der Waals surface area (Å²) in [5.41, 5.74) is 5.13. The van der Waals surface area contributed by atoms with Crippen molar-refractivity contribution in [2.75, 3.05) is 6.54 Å². The summed E-state index contributed by atoms with van der Waals surface area (Å²) in [6.07, 6.45) is 3.38. The molecule has 0 saturated heterocycles. The number of rotatable bonds is 7. The van der Waals surface area contributed by atoms with Gasteiger partial charge in [-0.1, -0.05) is 104 Å². The first kappa shape index (κ1) is 20.0. The van der Waals surface area contributed by atoms with E-state index in [-0.39, 0.29) is 12.4 Å². The monoisotopic (exact) mass is 363 g/mol. The molecule has 0 heterocycles. The SMILES string of the molecule is CCC(NCC=C(c1ccccc1)c1ccccc1)c1ccccc1.Cl. The maximum Gasteiger partial charge on any atom is 0.0320 e. The fourth-order valence-corrected chi connectivity index (χ4v) is 3.12. The molecular formula is C24H26ClN. The topological polar surface area (TPSA) is 12.0 Å². The highest BCUT2D eigenvalue weighted by Gasteiger charge is 2.08. The molecule has 0 saturated carbocycles. The Morgan fingerprint density at radius 3 is 1.69 bits per heavy atom. The largest absolute Gasteiger partial charge is 0.306 e. The number of hydrogen-bond acceptors (Lipinski definition) is 1. The third kappa shape index (κ3) is 5.32. The predicted octanol–water partition coefficient (Wildman–Crippen LogP) is 6.28. The molecule has 1 atom stereocenters. The number of benzene rings is 3. The van der Waals surface area contributed by atoms with Gasteiger partial charge in [0, 0.05) is 12.6 Å². The number of hydrogen-bond donors (Lipinski definition) is 1. The molecule has 3 rings (SSSR count). The fraction of sp³-hybridized carbons (Fsp3) is 0.167. The third-order valence-electron chi connectivity index (χ3n) is 4.45. The van der Waals surface area contributed by atoms with Crippen LogP contribution in [0.5, 0.6) is 0 Å². The minimum absolute atomic E-state index is 0. The van der Waals surface area contributed by atoms with Gasteiger partial charge in [0.2, 0.25) is 0 Å². The molecule has 3 aromatic carbocycles. The van der Waals surface area contributed by atoms with E-state index in [4.69, 9.17) is 0 Å². The Balaban J connectivity index is 0.00000243. The minimum atomic E-state index is 0. The molecule has 1 unspecified atom stereocenters. The zero-order valence-electron chi connectivity index (χ0n) is 15.1. The molecule has 134 valence electrons. The van der Waals surface area contributed by atoms with E-state index in [1.54, 1.807) is 0 Å². The van der Waals surface area contributed by atoms with Gasteiger partial charge in [0.1, 0.15) is 0 Å². The Labute approximate surface area is 163 Å². The second-order valence-corrected chi connectivity index (χ2v) is 6.13. The smallest absolute Gasteiger partial charge is 0.0320 e. The Morgan fingerprint density at radius 2 is 1.23 bits per heavy atom. The van der Waals surface area contributed by atoms with Gasteiger partial charge in [-0.05, 0) is 28.7 Å². The lowest BCUT2D eigenvalue weighted by atomic mass is 9.97. The van der Waals surface area contributed by atoms with Crippen LogP contribution in [0.4, 0.5) is 0 Å². The van der Waals surface area contributed by atoms with Gasteiger partial charge in [0.25, 0.3) is 0 Å². The van der Waals surface area contributed by atoms with Crippen LogP contribution in [0.3, 0.4) is 0 Å². The van der Waals surface area contributed by atoms with Gasteiger partial charge in [-0.2, -0.15) is 0 Å². The van der Waals surface area contributed by atoms with E-state index >= 15 is 0 Å². The number of halogens is 1. The quantitative estimate of drug-likeness (QED) is 0.520. The van der Waals surface area contributed by atoms with Crippen molar-refractivity contribution >= 4 is 18.0 Å². The Bertz CT molecular complexity index is 741. The summed E-state index contributed by atoms with van der Waals surface area (Å²) < 4.78 is 0. The minimum Gasteiger partial charge on any atom is -0.306 e. The van der Waals surface area contributed by atoms with Crippen molar-refractivity contribution in [1.82, 2.24) is 5.32 Å². The van der Waals surface area contributed by atoms with E-state index < -0.39 is 0 Å². The molecule has 0 aliphatic heterocycles. The lowest BCUT2D eigenvalue weighted by Gasteiger charge is -2.17. The maximum absolute atomic E-state index is 3.68. The molecule has 0 aliphatic carbocycles. The van der Waals surface area contributed by atoms with Crippen LogP contribution in [-0.2, 0) is 0 Å². The molecular weight excluding hydrogens is 338 g/mol. The van der Waals surface area contributed by atoms with Crippen molar-refractivity contribution in [2.45, 2.75) is 19.4 Å². The molecule has 0 fully saturated rings. The number of nitrogens with one attached hydrogen (secondary N) is 1. The van der Waals surface area contributed by atoms with Gasteiger partial charge in [-0.25, -0.2) is 0 Å². The van der Waals surface area contributed by atoms with E-state index in [1.807, 2.05) is 0 Å². The lowest BCUT2D eigenvalue weighted by Crippen LogP contribution is -2.21. The van der Waals surface area contributed by atoms with Gasteiger partial charge < -0.3 is 5.32 Å². The first-order valence-corrected chi connectivity index (χ1v) is 8.98. The average Bonchev–Trinajstić information content (AvgIpc) is 2.70. The second-order valence-electron chi connectivity index (χ2n) is 6.13. The standard InChI is InChI=1S/C24H25N.ClH/c1-2-24(22-16-10-5-11-17-22)25-19-18-23(20-12-6-3-7-13-20)21-14-8-4-9-15-21;/h3-18,24-25H,2,19H2,1H3;1H. The van der Waals surface area contributed by atoms with E-state index in [0.717, 1.165) is 13.0 Å². The van der Waals surface area contributed by atoms with Crippen molar-refractivity contribution in [1.29, 1.82) is 0 Å². The van der Waals surface area contributed by atoms with E-state index in [1.165, 1.54) is 22.3 Å². The molecule has 0 aliphatic rings. The average molecular weight is 364 g/mol. The molecule has 0 aromatic heterocycles. The third-order valence-corrected chi connectivity index (χ3v) is 4.45. The van der Waals surface area contributed by atoms with Crippen molar-refractivity contribution in [3.8, 4) is 0 Å². The summed E-state index contributed by atoms with van der Waals surface area (Å²) in [6, 6.07) is 32.3. The van der Waals surface area contributed by atoms with Gasteiger partial charge in [-0.3, -0.25) is 0 Å². The molecule has 0 amide bonds. The van der Waals surface area contributed by atoms with Gasteiger partial charge >= 0.3 is 0 Å². The van der Waals surface area contributed by atoms with Crippen LogP contribution in [0.2, 0.25) is 0 Å². The van der Waals surface area contributed by atoms with E-state index in [9.17, 15) is 0 Å². The zero-order chi connectivity index (χ0) is 17.3. The van der Waals surface area contributed by atoms with Crippen LogP contribution in [0.1, 0.15) is 36.1 Å². The first-order valence-electron chi connectivity index (χ1n) is 8.98. The first-order chi connectivity index (χ1) is 12.4. The van der Waals surface area contributed by atoms with Crippen LogP contribution >= 0.6 is 12.4 Å². The van der Waals surface area contributed by atoms with Crippen LogP contribution in [0.25, 0.3) is 5.57 Å².